The van der Waals surface area contributed by atoms with E-state index in [-0.39, 0.29) is 17.4 Å². The van der Waals surface area contributed by atoms with E-state index < -0.39 is 10.0 Å². The molecule has 3 rings (SSSR count). The molecule has 0 radical (unpaired) electrons. The summed E-state index contributed by atoms with van der Waals surface area (Å²) in [6, 6.07) is 12.6. The van der Waals surface area contributed by atoms with Gasteiger partial charge in [-0.05, 0) is 42.8 Å². The number of methoxy groups -OCH3 is 1. The molecule has 0 aromatic heterocycles. The molecule has 1 aliphatic rings. The second-order valence-electron chi connectivity index (χ2n) is 7.84. The fourth-order valence-electron chi connectivity index (χ4n) is 3.98. The molecule has 0 N–H and O–H groups in total. The van der Waals surface area contributed by atoms with Crippen LogP contribution in [-0.2, 0) is 14.8 Å². The summed E-state index contributed by atoms with van der Waals surface area (Å²) in [4.78, 5) is 16.9. The number of amides is 1. The van der Waals surface area contributed by atoms with Crippen LogP contribution in [-0.4, -0.2) is 76.5 Å². The van der Waals surface area contributed by atoms with Crippen molar-refractivity contribution in [1.29, 1.82) is 0 Å². The van der Waals surface area contributed by atoms with E-state index >= 15 is 0 Å². The average Bonchev–Trinajstić information content (AvgIpc) is 2.83. The molecule has 8 nitrogen and oxygen atoms in total. The van der Waals surface area contributed by atoms with Crippen molar-refractivity contribution in [2.75, 3.05) is 57.9 Å². The molecule has 1 heterocycles. The van der Waals surface area contributed by atoms with Gasteiger partial charge < -0.3 is 19.3 Å². The van der Waals surface area contributed by atoms with Gasteiger partial charge in [-0.15, -0.1) is 0 Å². The minimum Gasteiger partial charge on any atom is -0.495 e. The zero-order valence-electron chi connectivity index (χ0n) is 19.8. The maximum atomic E-state index is 12.7. The predicted octanol–water partition coefficient (Wildman–Crippen LogP) is 2.76. The first-order valence-corrected chi connectivity index (χ1v) is 12.6. The van der Waals surface area contributed by atoms with E-state index in [4.69, 9.17) is 9.47 Å². The van der Waals surface area contributed by atoms with Crippen LogP contribution in [0.1, 0.15) is 19.4 Å². The molecule has 0 aliphatic carbocycles. The molecule has 180 valence electrons. The van der Waals surface area contributed by atoms with E-state index in [1.165, 1.54) is 10.4 Å². The summed E-state index contributed by atoms with van der Waals surface area (Å²) in [7, 11) is -1.88. The monoisotopic (exact) mass is 475 g/mol. The lowest BCUT2D eigenvalue weighted by atomic mass is 10.2. The number of aryl methyl sites for hydroxylation is 1. The number of para-hydroxylation sites is 2. The minimum atomic E-state index is -3.53. The highest BCUT2D eigenvalue weighted by atomic mass is 32.2. The van der Waals surface area contributed by atoms with E-state index in [1.54, 1.807) is 31.1 Å². The normalized spacial score (nSPS) is 14.5. The van der Waals surface area contributed by atoms with Crippen LogP contribution in [0.15, 0.2) is 47.4 Å². The number of hydrogen-bond donors (Lipinski definition) is 0. The number of piperazine rings is 1. The minimum absolute atomic E-state index is 0.0857. The first-order chi connectivity index (χ1) is 15.8. The lowest BCUT2D eigenvalue weighted by Crippen LogP contribution is -2.50. The van der Waals surface area contributed by atoms with Crippen LogP contribution in [0.5, 0.6) is 11.5 Å². The van der Waals surface area contributed by atoms with Crippen molar-refractivity contribution in [3.05, 3.63) is 48.0 Å². The number of anilines is 1. The van der Waals surface area contributed by atoms with Crippen molar-refractivity contribution in [2.45, 2.75) is 25.7 Å². The Morgan fingerprint density at radius 1 is 1.00 bits per heavy atom. The third-order valence-electron chi connectivity index (χ3n) is 5.90. The van der Waals surface area contributed by atoms with Gasteiger partial charge in [0.05, 0.1) is 17.7 Å². The second-order valence-corrected chi connectivity index (χ2v) is 9.78. The Morgan fingerprint density at radius 3 is 2.27 bits per heavy atom. The van der Waals surface area contributed by atoms with E-state index in [0.717, 1.165) is 11.4 Å². The summed E-state index contributed by atoms with van der Waals surface area (Å²) >= 11 is 0. The van der Waals surface area contributed by atoms with Crippen LogP contribution >= 0.6 is 0 Å². The van der Waals surface area contributed by atoms with Crippen molar-refractivity contribution >= 4 is 21.6 Å². The molecule has 1 aliphatic heterocycles. The van der Waals surface area contributed by atoms with Crippen LogP contribution in [0.4, 0.5) is 5.69 Å². The van der Waals surface area contributed by atoms with Gasteiger partial charge in [0.1, 0.15) is 11.5 Å². The highest BCUT2D eigenvalue weighted by Gasteiger charge is 2.24. The van der Waals surface area contributed by atoms with Crippen molar-refractivity contribution < 1.29 is 22.7 Å². The molecule has 1 saturated heterocycles. The standard InChI is InChI=1S/C24H33N3O5S/c1-5-27(6-2)33(29,30)20-11-12-22(19(3)17-20)32-18-24(28)26-15-13-25(14-16-26)21-9-7-8-10-23(21)31-4/h7-12,17H,5-6,13-16,18H2,1-4H3. The van der Waals surface area contributed by atoms with Crippen molar-refractivity contribution in [2.24, 2.45) is 0 Å². The Kier molecular flexibility index (Phi) is 8.20. The smallest absolute Gasteiger partial charge is 0.260 e. The first kappa shape index (κ1) is 24.9. The van der Waals surface area contributed by atoms with Gasteiger partial charge in [0.25, 0.3) is 5.91 Å². The van der Waals surface area contributed by atoms with Crippen molar-refractivity contribution in [1.82, 2.24) is 9.21 Å². The fraction of sp³-hybridized carbons (Fsp3) is 0.458. The van der Waals surface area contributed by atoms with Gasteiger partial charge >= 0.3 is 0 Å². The molecule has 0 bridgehead atoms. The van der Waals surface area contributed by atoms with Crippen LogP contribution in [0, 0.1) is 6.92 Å². The SMILES string of the molecule is CCN(CC)S(=O)(=O)c1ccc(OCC(=O)N2CCN(c3ccccc3OC)CC2)c(C)c1. The highest BCUT2D eigenvalue weighted by Crippen LogP contribution is 2.28. The summed E-state index contributed by atoms with van der Waals surface area (Å²) in [5.41, 5.74) is 1.70. The summed E-state index contributed by atoms with van der Waals surface area (Å²) in [5, 5.41) is 0. The highest BCUT2D eigenvalue weighted by molar-refractivity contribution is 7.89. The molecule has 2 aromatic carbocycles. The van der Waals surface area contributed by atoms with E-state index in [2.05, 4.69) is 4.90 Å². The quantitative estimate of drug-likeness (QED) is 0.555. The zero-order chi connectivity index (χ0) is 24.0. The number of sulfonamides is 1. The maximum Gasteiger partial charge on any atom is 0.260 e. The Hall–Kier alpha value is -2.78. The van der Waals surface area contributed by atoms with Crippen LogP contribution in [0.25, 0.3) is 0 Å². The molecule has 33 heavy (non-hydrogen) atoms. The topological polar surface area (TPSA) is 79.4 Å². The Labute approximate surface area is 196 Å². The average molecular weight is 476 g/mol. The van der Waals surface area contributed by atoms with Gasteiger partial charge in [-0.1, -0.05) is 26.0 Å². The van der Waals surface area contributed by atoms with E-state index in [9.17, 15) is 13.2 Å². The summed E-state index contributed by atoms with van der Waals surface area (Å²) < 4.78 is 38.0. The lowest BCUT2D eigenvalue weighted by molar-refractivity contribution is -0.133. The largest absolute Gasteiger partial charge is 0.495 e. The van der Waals surface area contributed by atoms with Crippen molar-refractivity contribution in [3.8, 4) is 11.5 Å². The molecule has 0 saturated carbocycles. The molecule has 0 atom stereocenters. The molecule has 0 unspecified atom stereocenters. The molecule has 2 aromatic rings. The molecular weight excluding hydrogens is 442 g/mol. The van der Waals surface area contributed by atoms with Crippen LogP contribution in [0.2, 0.25) is 0 Å². The second kappa shape index (κ2) is 10.9. The van der Waals surface area contributed by atoms with E-state index in [1.807, 2.05) is 38.1 Å². The molecular formula is C24H33N3O5S. The molecule has 1 amide bonds. The Bertz CT molecular complexity index is 1060. The summed E-state index contributed by atoms with van der Waals surface area (Å²) in [6.45, 7) is 8.77. The zero-order valence-corrected chi connectivity index (χ0v) is 20.6. The lowest BCUT2D eigenvalue weighted by Gasteiger charge is -2.36. The van der Waals surface area contributed by atoms with Gasteiger partial charge in [0.2, 0.25) is 10.0 Å². The van der Waals surface area contributed by atoms with Crippen LogP contribution in [0.3, 0.4) is 0 Å². The first-order valence-electron chi connectivity index (χ1n) is 11.2. The van der Waals surface area contributed by atoms with Gasteiger partial charge in [0, 0.05) is 39.3 Å². The Balaban J connectivity index is 1.57. The van der Waals surface area contributed by atoms with Gasteiger partial charge in [-0.25, -0.2) is 8.42 Å². The van der Waals surface area contributed by atoms with Gasteiger partial charge in [0.15, 0.2) is 6.61 Å². The Morgan fingerprint density at radius 2 is 1.67 bits per heavy atom. The summed E-state index contributed by atoms with van der Waals surface area (Å²) in [6.07, 6.45) is 0. The van der Waals surface area contributed by atoms with Crippen LogP contribution < -0.4 is 14.4 Å². The number of rotatable bonds is 9. The fourth-order valence-corrected chi connectivity index (χ4v) is 5.52. The van der Waals surface area contributed by atoms with Gasteiger partial charge in [-0.3, -0.25) is 4.79 Å². The third kappa shape index (κ3) is 5.59. The van der Waals surface area contributed by atoms with E-state index in [0.29, 0.717) is 50.6 Å². The number of carbonyl (C=O) groups is 1. The summed E-state index contributed by atoms with van der Waals surface area (Å²) in [5.74, 6) is 1.24. The maximum absolute atomic E-state index is 12.7. The molecule has 1 fully saturated rings. The predicted molar refractivity (Wildman–Crippen MR) is 129 cm³/mol. The molecule has 9 heteroatoms. The number of benzene rings is 2. The number of carbonyl (C=O) groups excluding carboxylic acids is 1. The third-order valence-corrected chi connectivity index (χ3v) is 7.94. The number of ether oxygens (including phenoxy) is 2. The van der Waals surface area contributed by atoms with Crippen molar-refractivity contribution in [3.63, 3.8) is 0 Å². The number of nitrogens with zero attached hydrogens (tertiary/aromatic N) is 3. The molecule has 0 spiro atoms. The van der Waals surface area contributed by atoms with Gasteiger partial charge in [-0.2, -0.15) is 4.31 Å². The number of hydrogen-bond acceptors (Lipinski definition) is 6.